The first kappa shape index (κ1) is 44.7. The maximum absolute atomic E-state index is 11.9. The Hall–Kier alpha value is -4.98. The van der Waals surface area contributed by atoms with Crippen LogP contribution in [0, 0.1) is 0 Å². The van der Waals surface area contributed by atoms with E-state index in [-0.39, 0.29) is 46.6 Å². The number of aromatic carboxylic acids is 1. The van der Waals surface area contributed by atoms with Gasteiger partial charge in [-0.1, -0.05) is 86.3 Å². The second kappa shape index (κ2) is 22.1. The van der Waals surface area contributed by atoms with Crippen LogP contribution in [0.1, 0.15) is 72.1 Å². The van der Waals surface area contributed by atoms with Gasteiger partial charge in [-0.3, -0.25) is 0 Å². The number of carboxylic acids is 1. The van der Waals surface area contributed by atoms with Crippen LogP contribution in [0.5, 0.6) is 0 Å². The smallest absolute Gasteiger partial charge is 0.870 e. The normalized spacial score (nSPS) is 13.9. The van der Waals surface area contributed by atoms with Gasteiger partial charge in [0.05, 0.1) is 40.3 Å². The Bertz CT molecular complexity index is 2210. The molecule has 0 radical (unpaired) electrons. The largest absolute Gasteiger partial charge is 1.00 e. The summed E-state index contributed by atoms with van der Waals surface area (Å²) >= 11 is 0. The number of hydrogen-bond donors (Lipinski definition) is 2. The van der Waals surface area contributed by atoms with E-state index in [9.17, 15) is 14.7 Å². The fraction of sp³-hybridized carbons (Fsp3) is 0.318. The SMILES string of the molecule is CO.COC(=O)c1ccc2nc(N3CCCCCC3)c(-c3ccccc3)nc2c1.O=C(O)c1ccc2nc(N3CCCCCC3)c(-c3ccccc3)nc2c1.[Na+].[OH-]. The second-order valence-corrected chi connectivity index (χ2v) is 13.5. The molecule has 13 heteroatoms. The molecule has 0 saturated carbocycles. The molecule has 3 N–H and O–H groups in total. The summed E-state index contributed by atoms with van der Waals surface area (Å²) in [6.07, 6.45) is 9.70. The molecular formula is C44H49N6NaO6. The number of anilines is 2. The second-order valence-electron chi connectivity index (χ2n) is 13.5. The van der Waals surface area contributed by atoms with Gasteiger partial charge >= 0.3 is 41.5 Å². The Morgan fingerprint density at radius 3 is 1.32 bits per heavy atom. The number of methoxy groups -OCH3 is 1. The first-order valence-electron chi connectivity index (χ1n) is 19.0. The van der Waals surface area contributed by atoms with Crippen molar-refractivity contribution in [2.45, 2.75) is 51.4 Å². The average molecular weight is 781 g/mol. The van der Waals surface area contributed by atoms with Crippen molar-refractivity contribution >= 4 is 45.6 Å². The number of rotatable bonds is 6. The Balaban J connectivity index is 0.000000234. The monoisotopic (exact) mass is 780 g/mol. The number of aliphatic hydroxyl groups excluding tert-OH is 1. The van der Waals surface area contributed by atoms with Gasteiger partial charge in [-0.15, -0.1) is 0 Å². The molecule has 2 saturated heterocycles. The van der Waals surface area contributed by atoms with E-state index in [0.717, 1.165) is 91.3 Å². The molecule has 57 heavy (non-hydrogen) atoms. The van der Waals surface area contributed by atoms with Crippen LogP contribution in [0.25, 0.3) is 44.6 Å². The van der Waals surface area contributed by atoms with Crippen molar-refractivity contribution in [2.24, 2.45) is 0 Å². The Labute approximate surface area is 355 Å². The molecular weight excluding hydrogens is 732 g/mol. The summed E-state index contributed by atoms with van der Waals surface area (Å²) in [5.41, 5.74) is 7.29. The zero-order valence-corrected chi connectivity index (χ0v) is 35.0. The summed E-state index contributed by atoms with van der Waals surface area (Å²) < 4.78 is 4.84. The van der Waals surface area contributed by atoms with Gasteiger partial charge in [-0.05, 0) is 62.1 Å². The molecule has 292 valence electrons. The van der Waals surface area contributed by atoms with Crippen molar-refractivity contribution in [3.63, 3.8) is 0 Å². The Kier molecular flexibility index (Phi) is 17.3. The molecule has 2 aliphatic heterocycles. The van der Waals surface area contributed by atoms with E-state index in [1.54, 1.807) is 30.3 Å². The topological polar surface area (TPSA) is 172 Å². The van der Waals surface area contributed by atoms with E-state index in [2.05, 4.69) is 21.9 Å². The summed E-state index contributed by atoms with van der Waals surface area (Å²) in [4.78, 5) is 47.5. The molecule has 0 bridgehead atoms. The summed E-state index contributed by atoms with van der Waals surface area (Å²) in [6, 6.07) is 30.4. The van der Waals surface area contributed by atoms with Crippen molar-refractivity contribution in [1.82, 2.24) is 19.9 Å². The van der Waals surface area contributed by atoms with Crippen LogP contribution in [0.2, 0.25) is 0 Å². The Morgan fingerprint density at radius 2 is 0.930 bits per heavy atom. The number of hydrogen-bond acceptors (Lipinski definition) is 11. The van der Waals surface area contributed by atoms with Crippen LogP contribution in [0.3, 0.4) is 0 Å². The maximum Gasteiger partial charge on any atom is 1.00 e. The van der Waals surface area contributed by atoms with Crippen molar-refractivity contribution in [3.05, 3.63) is 108 Å². The van der Waals surface area contributed by atoms with Crippen LogP contribution in [-0.2, 0) is 4.74 Å². The number of carboxylic acid groups (broad SMARTS) is 1. The van der Waals surface area contributed by atoms with Crippen molar-refractivity contribution in [3.8, 4) is 22.5 Å². The predicted molar refractivity (Wildman–Crippen MR) is 220 cm³/mol. The summed E-state index contributed by atoms with van der Waals surface area (Å²) in [7, 11) is 2.38. The van der Waals surface area contributed by atoms with Gasteiger partial charge in [-0.2, -0.15) is 0 Å². The van der Waals surface area contributed by atoms with Crippen molar-refractivity contribution in [1.29, 1.82) is 0 Å². The molecule has 0 amide bonds. The molecule has 0 atom stereocenters. The first-order chi connectivity index (χ1) is 27.0. The molecule has 0 aliphatic carbocycles. The molecule has 4 heterocycles. The molecule has 0 unspecified atom stereocenters. The van der Waals surface area contributed by atoms with E-state index >= 15 is 0 Å². The minimum atomic E-state index is -0.952. The molecule has 4 aromatic carbocycles. The van der Waals surface area contributed by atoms with Gasteiger partial charge in [0.2, 0.25) is 0 Å². The van der Waals surface area contributed by atoms with Crippen LogP contribution >= 0.6 is 0 Å². The van der Waals surface area contributed by atoms with E-state index in [1.807, 2.05) is 54.6 Å². The van der Waals surface area contributed by atoms with Gasteiger partial charge in [-0.25, -0.2) is 29.5 Å². The molecule has 2 fully saturated rings. The average Bonchev–Trinajstić information content (AvgIpc) is 3.70. The predicted octanol–water partition coefficient (Wildman–Crippen LogP) is 5.27. The molecule has 12 nitrogen and oxygen atoms in total. The van der Waals surface area contributed by atoms with Gasteiger partial charge in [0, 0.05) is 44.4 Å². The van der Waals surface area contributed by atoms with Crippen LogP contribution < -0.4 is 39.4 Å². The molecule has 6 aromatic rings. The third-order valence-corrected chi connectivity index (χ3v) is 9.87. The third kappa shape index (κ3) is 11.1. The third-order valence-electron chi connectivity index (χ3n) is 9.87. The summed E-state index contributed by atoms with van der Waals surface area (Å²) in [6.45, 7) is 3.96. The quantitative estimate of drug-likeness (QED) is 0.166. The first-order valence-corrected chi connectivity index (χ1v) is 19.0. The fourth-order valence-electron chi connectivity index (χ4n) is 7.05. The van der Waals surface area contributed by atoms with Gasteiger partial charge in [0.1, 0.15) is 11.4 Å². The molecule has 2 aliphatic rings. The maximum atomic E-state index is 11.9. The molecule has 0 spiro atoms. The molecule has 8 rings (SSSR count). The molecule has 2 aromatic heterocycles. The minimum absolute atomic E-state index is 0. The summed E-state index contributed by atoms with van der Waals surface area (Å²) in [5.74, 6) is 0.512. The number of benzene rings is 4. The number of aromatic nitrogens is 4. The van der Waals surface area contributed by atoms with Crippen molar-refractivity contribution < 1.29 is 59.6 Å². The number of esters is 1. The van der Waals surface area contributed by atoms with Crippen LogP contribution in [0.4, 0.5) is 11.6 Å². The van der Waals surface area contributed by atoms with Crippen LogP contribution in [0.15, 0.2) is 97.1 Å². The Morgan fingerprint density at radius 1 is 0.544 bits per heavy atom. The van der Waals surface area contributed by atoms with Gasteiger partial charge < -0.3 is 30.2 Å². The van der Waals surface area contributed by atoms with Gasteiger partial charge in [0.25, 0.3) is 0 Å². The number of aliphatic hydroxyl groups is 1. The standard InChI is InChI=1S/C22H23N3O2.C21H21N3O2.CH4O.Na.H2O/c1-27-22(26)17-11-12-18-19(15-17)23-20(16-9-5-4-6-10-16)21(24-18)25-13-7-2-3-8-14-25;25-21(26)16-10-11-17-18(14-16)22-19(15-8-4-3-5-9-15)20(23-17)24-12-6-1-2-7-13-24;1-2;;/h4-6,9-12,15H,2-3,7-8,13-14H2,1H3;3-5,8-11,14H,1-2,6-7,12-13H2,(H,25,26);2H,1H3;;1H2/q;;;+1;/p-1. The number of carbonyl (C=O) groups is 2. The van der Waals surface area contributed by atoms with Crippen LogP contribution in [-0.4, -0.2) is 88.0 Å². The van der Waals surface area contributed by atoms with E-state index < -0.39 is 5.97 Å². The zero-order valence-electron chi connectivity index (χ0n) is 33.0. The number of carbonyl (C=O) groups excluding carboxylic acids is 1. The minimum Gasteiger partial charge on any atom is -0.870 e. The number of fused-ring (bicyclic) bond motifs is 2. The zero-order chi connectivity index (χ0) is 38.6. The fourth-order valence-corrected chi connectivity index (χ4v) is 7.05. The van der Waals surface area contributed by atoms with Gasteiger partial charge in [0.15, 0.2) is 11.6 Å². The number of nitrogens with zero attached hydrogens (tertiary/aromatic N) is 6. The van der Waals surface area contributed by atoms with E-state index in [1.165, 1.54) is 45.6 Å². The summed E-state index contributed by atoms with van der Waals surface area (Å²) in [5, 5.41) is 16.3. The van der Waals surface area contributed by atoms with E-state index in [0.29, 0.717) is 16.6 Å². The van der Waals surface area contributed by atoms with Crippen molar-refractivity contribution in [2.75, 3.05) is 50.2 Å². The number of ether oxygens (including phenoxy) is 1. The van der Waals surface area contributed by atoms with E-state index in [4.69, 9.17) is 29.8 Å².